The fourth-order valence-electron chi connectivity index (χ4n) is 3.59. The molecular weight excluding hydrogens is 350 g/mol. The van der Waals surface area contributed by atoms with Crippen LogP contribution in [0.4, 0.5) is 4.79 Å². The van der Waals surface area contributed by atoms with E-state index in [2.05, 4.69) is 16.7 Å². The highest BCUT2D eigenvalue weighted by atomic mass is 16.2. The predicted octanol–water partition coefficient (Wildman–Crippen LogP) is 3.91. The number of nitrogens with zero attached hydrogens (tertiary/aromatic N) is 1. The number of carbonyl (C=O) groups excluding carboxylic acids is 2. The number of piperidine rings is 1. The van der Waals surface area contributed by atoms with Gasteiger partial charge < -0.3 is 15.5 Å². The van der Waals surface area contributed by atoms with Crippen LogP contribution in [-0.2, 0) is 6.54 Å². The molecule has 1 atom stereocenters. The average molecular weight is 380 g/mol. The number of urea groups is 1. The Morgan fingerprint density at radius 3 is 2.64 bits per heavy atom. The first-order valence-electron chi connectivity index (χ1n) is 10.0. The number of hydrogen-bond donors (Lipinski definition) is 2. The Morgan fingerprint density at radius 1 is 1.11 bits per heavy atom. The van der Waals surface area contributed by atoms with E-state index in [1.165, 1.54) is 0 Å². The third-order valence-corrected chi connectivity index (χ3v) is 5.04. The van der Waals surface area contributed by atoms with Gasteiger partial charge in [0.2, 0.25) is 0 Å². The van der Waals surface area contributed by atoms with Crippen molar-refractivity contribution >= 4 is 11.9 Å². The van der Waals surface area contributed by atoms with Gasteiger partial charge in [-0.3, -0.25) is 4.79 Å². The van der Waals surface area contributed by atoms with Crippen LogP contribution in [0.2, 0.25) is 0 Å². The van der Waals surface area contributed by atoms with Crippen LogP contribution in [-0.4, -0.2) is 36.0 Å². The second-order valence-corrected chi connectivity index (χ2v) is 7.68. The first kappa shape index (κ1) is 19.9. The standard InChI is InChI=1S/C23H29N3O2/c1-17(2)25-23(28)26-13-7-12-21(16-26)19-10-6-11-20(14-19)22(27)24-15-18-8-4-3-5-9-18/h3-6,8-11,14,17,21H,7,12-13,15-16H2,1-2H3,(H,24,27)(H,25,28). The molecule has 0 bridgehead atoms. The van der Waals surface area contributed by atoms with Crippen molar-refractivity contribution in [3.05, 3.63) is 71.3 Å². The minimum absolute atomic E-state index is 0.00328. The molecule has 3 amide bonds. The maximum absolute atomic E-state index is 12.6. The maximum Gasteiger partial charge on any atom is 0.317 e. The Bertz CT molecular complexity index is 805. The summed E-state index contributed by atoms with van der Waals surface area (Å²) in [7, 11) is 0. The molecular formula is C23H29N3O2. The highest BCUT2D eigenvalue weighted by molar-refractivity contribution is 5.94. The van der Waals surface area contributed by atoms with Crippen molar-refractivity contribution in [2.45, 2.75) is 45.2 Å². The first-order chi connectivity index (χ1) is 13.5. The molecule has 5 nitrogen and oxygen atoms in total. The van der Waals surface area contributed by atoms with E-state index in [9.17, 15) is 9.59 Å². The summed E-state index contributed by atoms with van der Waals surface area (Å²) in [6.07, 6.45) is 2.00. The quantitative estimate of drug-likeness (QED) is 0.827. The van der Waals surface area contributed by atoms with Crippen LogP contribution in [0.1, 0.15) is 54.1 Å². The van der Waals surface area contributed by atoms with Gasteiger partial charge in [-0.05, 0) is 49.9 Å². The SMILES string of the molecule is CC(C)NC(=O)N1CCCC(c2cccc(C(=O)NCc3ccccc3)c2)C1. The summed E-state index contributed by atoms with van der Waals surface area (Å²) >= 11 is 0. The van der Waals surface area contributed by atoms with Gasteiger partial charge in [0.1, 0.15) is 0 Å². The summed E-state index contributed by atoms with van der Waals surface area (Å²) in [5.74, 6) is 0.185. The number of rotatable bonds is 5. The molecule has 1 heterocycles. The van der Waals surface area contributed by atoms with Crippen molar-refractivity contribution in [1.29, 1.82) is 0 Å². The number of hydrogen-bond acceptors (Lipinski definition) is 2. The number of carbonyl (C=O) groups is 2. The third-order valence-electron chi connectivity index (χ3n) is 5.04. The topological polar surface area (TPSA) is 61.4 Å². The number of amides is 3. The van der Waals surface area contributed by atoms with Crippen molar-refractivity contribution in [3.63, 3.8) is 0 Å². The zero-order valence-corrected chi connectivity index (χ0v) is 16.7. The summed E-state index contributed by atoms with van der Waals surface area (Å²) in [4.78, 5) is 26.8. The highest BCUT2D eigenvalue weighted by Crippen LogP contribution is 2.27. The number of likely N-dealkylation sites (tertiary alicyclic amines) is 1. The Balaban J connectivity index is 1.63. The van der Waals surface area contributed by atoms with Crippen LogP contribution in [0.5, 0.6) is 0 Å². The first-order valence-corrected chi connectivity index (χ1v) is 10.0. The maximum atomic E-state index is 12.6. The molecule has 2 aromatic rings. The minimum atomic E-state index is -0.0732. The number of nitrogens with one attached hydrogen (secondary N) is 2. The molecule has 0 aromatic heterocycles. The second kappa shape index (κ2) is 9.40. The molecule has 3 rings (SSSR count). The molecule has 0 saturated carbocycles. The van der Waals surface area contributed by atoms with Crippen molar-refractivity contribution in [2.24, 2.45) is 0 Å². The van der Waals surface area contributed by atoms with Gasteiger partial charge >= 0.3 is 6.03 Å². The van der Waals surface area contributed by atoms with E-state index in [0.29, 0.717) is 18.7 Å². The van der Waals surface area contributed by atoms with Gasteiger partial charge in [-0.1, -0.05) is 42.5 Å². The molecule has 1 aliphatic rings. The molecule has 2 aromatic carbocycles. The smallest absolute Gasteiger partial charge is 0.317 e. The van der Waals surface area contributed by atoms with Crippen molar-refractivity contribution < 1.29 is 9.59 Å². The molecule has 2 N–H and O–H groups in total. The van der Waals surface area contributed by atoms with Crippen LogP contribution in [0.3, 0.4) is 0 Å². The van der Waals surface area contributed by atoms with Gasteiger partial charge in [0.25, 0.3) is 5.91 Å². The number of benzene rings is 2. The zero-order chi connectivity index (χ0) is 19.9. The lowest BCUT2D eigenvalue weighted by Crippen LogP contribution is -2.47. The molecule has 1 saturated heterocycles. The van der Waals surface area contributed by atoms with Gasteiger partial charge in [-0.15, -0.1) is 0 Å². The van der Waals surface area contributed by atoms with Gasteiger partial charge in [-0.25, -0.2) is 4.79 Å². The second-order valence-electron chi connectivity index (χ2n) is 7.68. The summed E-state index contributed by atoms with van der Waals surface area (Å²) in [5.41, 5.74) is 2.86. The Morgan fingerprint density at radius 2 is 1.89 bits per heavy atom. The Hall–Kier alpha value is -2.82. The molecule has 0 radical (unpaired) electrons. The van der Waals surface area contributed by atoms with E-state index < -0.39 is 0 Å². The minimum Gasteiger partial charge on any atom is -0.348 e. The molecule has 0 spiro atoms. The van der Waals surface area contributed by atoms with E-state index in [0.717, 1.165) is 30.5 Å². The lowest BCUT2D eigenvalue weighted by molar-refractivity contribution is 0.0950. The van der Waals surface area contributed by atoms with Crippen LogP contribution in [0.15, 0.2) is 54.6 Å². The van der Waals surface area contributed by atoms with E-state index in [4.69, 9.17) is 0 Å². The Labute approximate surface area is 167 Å². The molecule has 0 aliphatic carbocycles. The van der Waals surface area contributed by atoms with E-state index in [1.54, 1.807) is 0 Å². The largest absolute Gasteiger partial charge is 0.348 e. The monoisotopic (exact) mass is 379 g/mol. The Kier molecular flexibility index (Phi) is 6.69. The van der Waals surface area contributed by atoms with Gasteiger partial charge in [0.15, 0.2) is 0 Å². The van der Waals surface area contributed by atoms with E-state index in [-0.39, 0.29) is 23.9 Å². The summed E-state index contributed by atoms with van der Waals surface area (Å²) < 4.78 is 0. The van der Waals surface area contributed by atoms with Gasteiger partial charge in [0.05, 0.1) is 0 Å². The van der Waals surface area contributed by atoms with Crippen LogP contribution < -0.4 is 10.6 Å². The summed E-state index contributed by atoms with van der Waals surface area (Å²) in [6.45, 7) is 5.92. The van der Waals surface area contributed by atoms with Gasteiger partial charge in [0, 0.05) is 37.2 Å². The lowest BCUT2D eigenvalue weighted by Gasteiger charge is -2.33. The van der Waals surface area contributed by atoms with E-state index in [1.807, 2.05) is 67.3 Å². The van der Waals surface area contributed by atoms with Crippen LogP contribution in [0, 0.1) is 0 Å². The fourth-order valence-corrected chi connectivity index (χ4v) is 3.59. The molecule has 1 fully saturated rings. The van der Waals surface area contributed by atoms with Crippen LogP contribution >= 0.6 is 0 Å². The summed E-state index contributed by atoms with van der Waals surface area (Å²) in [6, 6.07) is 17.8. The average Bonchev–Trinajstić information content (AvgIpc) is 2.72. The molecule has 148 valence electrons. The van der Waals surface area contributed by atoms with E-state index >= 15 is 0 Å². The predicted molar refractivity (Wildman–Crippen MR) is 111 cm³/mol. The molecule has 28 heavy (non-hydrogen) atoms. The zero-order valence-electron chi connectivity index (χ0n) is 16.7. The molecule has 1 unspecified atom stereocenters. The highest BCUT2D eigenvalue weighted by Gasteiger charge is 2.25. The van der Waals surface area contributed by atoms with Crippen LogP contribution in [0.25, 0.3) is 0 Å². The van der Waals surface area contributed by atoms with Crippen molar-refractivity contribution in [3.8, 4) is 0 Å². The fraction of sp³-hybridized carbons (Fsp3) is 0.391. The lowest BCUT2D eigenvalue weighted by atomic mass is 9.89. The normalized spacial score (nSPS) is 16.7. The van der Waals surface area contributed by atoms with Gasteiger partial charge in [-0.2, -0.15) is 0 Å². The molecule has 5 heteroatoms. The molecule has 1 aliphatic heterocycles. The van der Waals surface area contributed by atoms with Crippen molar-refractivity contribution in [1.82, 2.24) is 15.5 Å². The van der Waals surface area contributed by atoms with Crippen molar-refractivity contribution in [2.75, 3.05) is 13.1 Å². The third kappa shape index (κ3) is 5.35. The summed E-state index contributed by atoms with van der Waals surface area (Å²) in [5, 5.41) is 5.95.